The van der Waals surface area contributed by atoms with Crippen molar-refractivity contribution in [2.45, 2.75) is 62.8 Å². The molecule has 0 amide bonds. The van der Waals surface area contributed by atoms with Gasteiger partial charge in [-0.1, -0.05) is 18.4 Å². The lowest BCUT2D eigenvalue weighted by Gasteiger charge is -2.24. The highest BCUT2D eigenvalue weighted by molar-refractivity contribution is 5.45. The van der Waals surface area contributed by atoms with E-state index in [1.165, 1.54) is 0 Å². The summed E-state index contributed by atoms with van der Waals surface area (Å²) in [5.41, 5.74) is -0.0375. The van der Waals surface area contributed by atoms with Gasteiger partial charge in [-0.15, -0.1) is 0 Å². The second-order valence-electron chi connectivity index (χ2n) is 6.49. The van der Waals surface area contributed by atoms with Gasteiger partial charge in [-0.05, 0) is 32.4 Å². The van der Waals surface area contributed by atoms with E-state index in [1.807, 2.05) is 13.0 Å². The molecule has 1 spiro atoms. The Kier molecular flexibility index (Phi) is 2.90. The molecule has 20 heavy (non-hydrogen) atoms. The Morgan fingerprint density at radius 3 is 2.85 bits per heavy atom. The first-order valence-electron chi connectivity index (χ1n) is 6.87. The van der Waals surface area contributed by atoms with E-state index < -0.39 is 17.3 Å². The van der Waals surface area contributed by atoms with E-state index in [0.29, 0.717) is 12.0 Å². The predicted molar refractivity (Wildman–Crippen MR) is 73.9 cm³/mol. The zero-order valence-corrected chi connectivity index (χ0v) is 12.0. The normalized spacial score (nSPS) is 42.0. The van der Waals surface area contributed by atoms with Gasteiger partial charge in [-0.2, -0.15) is 0 Å². The van der Waals surface area contributed by atoms with Gasteiger partial charge in [0.05, 0.1) is 11.7 Å². The Balaban J connectivity index is 1.87. The lowest BCUT2D eigenvalue weighted by atomic mass is 9.82. The molecule has 108 valence electrons. The minimum absolute atomic E-state index is 0.248. The molecular formula is C16H20O4. The molecule has 1 aliphatic carbocycles. The van der Waals surface area contributed by atoms with E-state index in [1.54, 1.807) is 13.8 Å². The second kappa shape index (κ2) is 4.19. The molecule has 0 aromatic heterocycles. The Labute approximate surface area is 119 Å². The Morgan fingerprint density at radius 2 is 2.25 bits per heavy atom. The first-order valence-corrected chi connectivity index (χ1v) is 6.87. The quantitative estimate of drug-likeness (QED) is 0.552. The van der Waals surface area contributed by atoms with Crippen molar-refractivity contribution in [2.24, 2.45) is 0 Å². The van der Waals surface area contributed by atoms with Crippen LogP contribution in [0.25, 0.3) is 0 Å². The summed E-state index contributed by atoms with van der Waals surface area (Å²) in [6.45, 7) is 9.00. The van der Waals surface area contributed by atoms with Crippen LogP contribution in [0.5, 0.6) is 0 Å². The van der Waals surface area contributed by atoms with Gasteiger partial charge in [-0.25, -0.2) is 0 Å². The molecule has 3 aliphatic rings. The molecule has 5 unspecified atom stereocenters. The number of rotatable bonds is 1. The fourth-order valence-electron chi connectivity index (χ4n) is 2.99. The van der Waals surface area contributed by atoms with Gasteiger partial charge in [0.2, 0.25) is 0 Å². The fourth-order valence-corrected chi connectivity index (χ4v) is 2.99. The average Bonchev–Trinajstić information content (AvgIpc) is 2.92. The maximum atomic E-state index is 10.3. The largest absolute Gasteiger partial charge is 0.388 e. The van der Waals surface area contributed by atoms with Gasteiger partial charge in [-0.3, -0.25) is 0 Å². The highest BCUT2D eigenvalue weighted by Gasteiger charge is 2.71. The minimum Gasteiger partial charge on any atom is -0.388 e. The van der Waals surface area contributed by atoms with Crippen LogP contribution in [0.1, 0.15) is 27.2 Å². The third-order valence-electron chi connectivity index (χ3n) is 4.21. The van der Waals surface area contributed by atoms with Crippen LogP contribution in [0.15, 0.2) is 23.8 Å². The molecule has 0 bridgehead atoms. The van der Waals surface area contributed by atoms with Crippen molar-refractivity contribution < 1.29 is 19.7 Å². The fraction of sp³-hybridized carbons (Fsp3) is 0.625. The van der Waals surface area contributed by atoms with Crippen LogP contribution in [0.2, 0.25) is 0 Å². The van der Waals surface area contributed by atoms with Crippen LogP contribution in [-0.2, 0) is 9.47 Å². The lowest BCUT2D eigenvalue weighted by molar-refractivity contribution is -0.0748. The van der Waals surface area contributed by atoms with Gasteiger partial charge in [0.1, 0.15) is 23.9 Å². The zero-order chi connectivity index (χ0) is 14.7. The molecule has 4 heteroatoms. The number of allylic oxidation sites excluding steroid dienone is 1. The maximum absolute atomic E-state index is 10.3. The summed E-state index contributed by atoms with van der Waals surface area (Å²) in [5.74, 6) is 5.80. The van der Waals surface area contributed by atoms with Crippen LogP contribution >= 0.6 is 0 Å². The minimum atomic E-state index is -0.926. The summed E-state index contributed by atoms with van der Waals surface area (Å²) in [6.07, 6.45) is 0.883. The number of hydrogen-bond donors (Lipinski definition) is 2. The predicted octanol–water partition coefficient (Wildman–Crippen LogP) is 0.933. The Morgan fingerprint density at radius 1 is 1.55 bits per heavy atom. The van der Waals surface area contributed by atoms with Crippen molar-refractivity contribution in [3.05, 3.63) is 23.8 Å². The molecule has 2 aliphatic heterocycles. The van der Waals surface area contributed by atoms with E-state index in [0.717, 1.165) is 5.57 Å². The first kappa shape index (κ1) is 13.8. The van der Waals surface area contributed by atoms with Crippen molar-refractivity contribution in [2.75, 3.05) is 0 Å². The highest BCUT2D eigenvalue weighted by atomic mass is 16.7. The number of aliphatic hydroxyl groups is 2. The lowest BCUT2D eigenvalue weighted by Crippen LogP contribution is -2.37. The summed E-state index contributed by atoms with van der Waals surface area (Å²) in [7, 11) is 0. The Bertz CT molecular complexity index is 545. The monoisotopic (exact) mass is 276 g/mol. The molecular weight excluding hydrogens is 256 g/mol. The molecule has 2 fully saturated rings. The van der Waals surface area contributed by atoms with E-state index in [4.69, 9.17) is 9.47 Å². The van der Waals surface area contributed by atoms with Crippen LogP contribution < -0.4 is 0 Å². The summed E-state index contributed by atoms with van der Waals surface area (Å²) in [6, 6.07) is 0. The zero-order valence-electron chi connectivity index (χ0n) is 12.0. The molecule has 4 nitrogen and oxygen atoms in total. The standard InChI is InChI=1S/C16H20O4/c1-9(2)5-6-10-7-11-16(14(20-16)13(10)17)8-12(19-11)15(3,4)18/h7,11-14,17-18H,1,8H2,2-4H3. The topological polar surface area (TPSA) is 62.2 Å². The van der Waals surface area contributed by atoms with Crippen molar-refractivity contribution >= 4 is 0 Å². The number of ether oxygens (including phenoxy) is 2. The summed E-state index contributed by atoms with van der Waals surface area (Å²) >= 11 is 0. The molecule has 5 atom stereocenters. The smallest absolute Gasteiger partial charge is 0.130 e. The summed E-state index contributed by atoms with van der Waals surface area (Å²) in [4.78, 5) is 0. The van der Waals surface area contributed by atoms with Crippen molar-refractivity contribution in [1.29, 1.82) is 0 Å². The van der Waals surface area contributed by atoms with Gasteiger partial charge >= 0.3 is 0 Å². The molecule has 0 aromatic carbocycles. The molecule has 0 radical (unpaired) electrons. The maximum Gasteiger partial charge on any atom is 0.130 e. The summed E-state index contributed by atoms with van der Waals surface area (Å²) < 4.78 is 11.6. The van der Waals surface area contributed by atoms with Gasteiger partial charge in [0.25, 0.3) is 0 Å². The highest BCUT2D eigenvalue weighted by Crippen LogP contribution is 2.56. The third kappa shape index (κ3) is 2.02. The van der Waals surface area contributed by atoms with Crippen LogP contribution in [0.4, 0.5) is 0 Å². The molecule has 0 aromatic rings. The van der Waals surface area contributed by atoms with E-state index in [2.05, 4.69) is 18.4 Å². The first-order chi connectivity index (χ1) is 9.24. The number of hydrogen-bond acceptors (Lipinski definition) is 4. The van der Waals surface area contributed by atoms with Crippen molar-refractivity contribution in [1.82, 2.24) is 0 Å². The second-order valence-corrected chi connectivity index (χ2v) is 6.49. The SMILES string of the molecule is C=C(C)C#CC1=CC2OC(C(C)(C)O)CC23OC3C1O. The van der Waals surface area contributed by atoms with Crippen molar-refractivity contribution in [3.8, 4) is 11.8 Å². The molecule has 0 saturated carbocycles. The van der Waals surface area contributed by atoms with Crippen LogP contribution in [-0.4, -0.2) is 45.8 Å². The average molecular weight is 276 g/mol. The molecule has 2 saturated heterocycles. The number of aliphatic hydroxyl groups excluding tert-OH is 1. The van der Waals surface area contributed by atoms with Gasteiger partial charge in [0.15, 0.2) is 0 Å². The van der Waals surface area contributed by atoms with Gasteiger partial charge in [0, 0.05) is 12.0 Å². The van der Waals surface area contributed by atoms with E-state index >= 15 is 0 Å². The van der Waals surface area contributed by atoms with Crippen LogP contribution in [0.3, 0.4) is 0 Å². The van der Waals surface area contributed by atoms with Gasteiger partial charge < -0.3 is 19.7 Å². The molecule has 3 rings (SSSR count). The number of epoxide rings is 1. The van der Waals surface area contributed by atoms with E-state index in [-0.39, 0.29) is 18.3 Å². The van der Waals surface area contributed by atoms with Crippen molar-refractivity contribution in [3.63, 3.8) is 0 Å². The van der Waals surface area contributed by atoms with E-state index in [9.17, 15) is 10.2 Å². The molecule has 2 N–H and O–H groups in total. The molecule has 2 heterocycles. The third-order valence-corrected chi connectivity index (χ3v) is 4.21. The Hall–Kier alpha value is -1.12. The van der Waals surface area contributed by atoms with Crippen LogP contribution in [0, 0.1) is 11.8 Å². The summed E-state index contributed by atoms with van der Waals surface area (Å²) in [5, 5.41) is 20.4.